The van der Waals surface area contributed by atoms with Crippen molar-refractivity contribution >= 4 is 17.8 Å². The maximum atomic E-state index is 10.6. The number of nitro benzene ring substituents is 1. The predicted octanol–water partition coefficient (Wildman–Crippen LogP) is 4.69. The molecule has 0 saturated heterocycles. The van der Waals surface area contributed by atoms with Crippen molar-refractivity contribution in [2.45, 2.75) is 20.3 Å². The largest absolute Gasteiger partial charge is 0.507 e. The minimum atomic E-state index is -0.450. The molecule has 2 aromatic rings. The molecule has 0 fully saturated rings. The Kier molecular flexibility index (Phi) is 5.37. The fraction of sp³-hybridized carbons (Fsp3) is 0.158. The van der Waals surface area contributed by atoms with Crippen molar-refractivity contribution in [3.63, 3.8) is 0 Å². The highest BCUT2D eigenvalue weighted by Crippen LogP contribution is 2.30. The standard InChI is InChI=1S/C19H19NO4/c1-13(2)3-10-17-18(21)11-15(12-19(17)22)5-4-14-6-8-16(9-7-14)20(23)24/h3-9,11-12,21-22H,10H2,1-2H3. The predicted molar refractivity (Wildman–Crippen MR) is 94.9 cm³/mol. The van der Waals surface area contributed by atoms with Crippen LogP contribution in [0, 0.1) is 10.1 Å². The highest BCUT2D eigenvalue weighted by atomic mass is 16.6. The molecule has 0 aliphatic rings. The Balaban J connectivity index is 2.20. The lowest BCUT2D eigenvalue weighted by Crippen LogP contribution is -1.87. The maximum absolute atomic E-state index is 10.6. The topological polar surface area (TPSA) is 83.6 Å². The third kappa shape index (κ3) is 4.46. The molecule has 2 N–H and O–H groups in total. The van der Waals surface area contributed by atoms with Gasteiger partial charge in [-0.2, -0.15) is 0 Å². The molecule has 124 valence electrons. The third-order valence-corrected chi connectivity index (χ3v) is 3.51. The summed E-state index contributed by atoms with van der Waals surface area (Å²) >= 11 is 0. The molecule has 0 spiro atoms. The SMILES string of the molecule is CC(C)=CCc1c(O)cc(C=Cc2ccc([N+](=O)[O-])cc2)cc1O. The van der Waals surface area contributed by atoms with E-state index in [4.69, 9.17) is 0 Å². The highest BCUT2D eigenvalue weighted by Gasteiger charge is 2.08. The van der Waals surface area contributed by atoms with Crippen molar-refractivity contribution in [1.29, 1.82) is 0 Å². The summed E-state index contributed by atoms with van der Waals surface area (Å²) in [4.78, 5) is 10.2. The molecule has 0 heterocycles. The van der Waals surface area contributed by atoms with Crippen molar-refractivity contribution < 1.29 is 15.1 Å². The van der Waals surface area contributed by atoms with Gasteiger partial charge in [-0.3, -0.25) is 10.1 Å². The average molecular weight is 325 g/mol. The molecule has 24 heavy (non-hydrogen) atoms. The molecule has 0 atom stereocenters. The number of nitrogens with zero attached hydrogens (tertiary/aromatic N) is 1. The molecule has 5 heteroatoms. The first kappa shape index (κ1) is 17.3. The van der Waals surface area contributed by atoms with Crippen molar-refractivity contribution in [2.75, 3.05) is 0 Å². The van der Waals surface area contributed by atoms with E-state index in [1.807, 2.05) is 19.9 Å². The fourth-order valence-electron chi connectivity index (χ4n) is 2.17. The first-order chi connectivity index (χ1) is 11.4. The lowest BCUT2D eigenvalue weighted by atomic mass is 10.0. The van der Waals surface area contributed by atoms with Crippen molar-refractivity contribution in [1.82, 2.24) is 0 Å². The van der Waals surface area contributed by atoms with Crippen LogP contribution < -0.4 is 0 Å². The third-order valence-electron chi connectivity index (χ3n) is 3.51. The van der Waals surface area contributed by atoms with Crippen LogP contribution in [0.2, 0.25) is 0 Å². The van der Waals surface area contributed by atoms with Crippen molar-refractivity contribution in [3.05, 3.63) is 74.9 Å². The Labute approximate surface area is 140 Å². The number of benzene rings is 2. The number of nitro groups is 1. The van der Waals surface area contributed by atoms with Gasteiger partial charge in [0.1, 0.15) is 11.5 Å². The summed E-state index contributed by atoms with van der Waals surface area (Å²) in [5, 5.41) is 30.8. The van der Waals surface area contributed by atoms with Crippen LogP contribution in [0.5, 0.6) is 11.5 Å². The number of rotatable bonds is 5. The quantitative estimate of drug-likeness (QED) is 0.362. The molecule has 0 unspecified atom stereocenters. The Morgan fingerprint density at radius 3 is 2.08 bits per heavy atom. The van der Waals surface area contributed by atoms with E-state index in [-0.39, 0.29) is 17.2 Å². The number of allylic oxidation sites excluding steroid dienone is 2. The zero-order valence-electron chi connectivity index (χ0n) is 13.6. The minimum Gasteiger partial charge on any atom is -0.507 e. The number of hydrogen-bond donors (Lipinski definition) is 2. The van der Waals surface area contributed by atoms with Gasteiger partial charge in [0.05, 0.1) is 4.92 Å². The maximum Gasteiger partial charge on any atom is 0.269 e. The summed E-state index contributed by atoms with van der Waals surface area (Å²) in [7, 11) is 0. The van der Waals surface area contributed by atoms with E-state index >= 15 is 0 Å². The van der Waals surface area contributed by atoms with Gasteiger partial charge in [0.25, 0.3) is 5.69 Å². The Morgan fingerprint density at radius 2 is 1.58 bits per heavy atom. The van der Waals surface area contributed by atoms with Crippen LogP contribution in [-0.2, 0) is 6.42 Å². The first-order valence-corrected chi connectivity index (χ1v) is 7.47. The van der Waals surface area contributed by atoms with Crippen LogP contribution in [0.15, 0.2) is 48.0 Å². The van der Waals surface area contributed by atoms with Crippen LogP contribution >= 0.6 is 0 Å². The monoisotopic (exact) mass is 325 g/mol. The molecule has 5 nitrogen and oxygen atoms in total. The van der Waals surface area contributed by atoms with E-state index in [0.717, 1.165) is 11.1 Å². The average Bonchev–Trinajstić information content (AvgIpc) is 2.52. The van der Waals surface area contributed by atoms with E-state index in [1.54, 1.807) is 36.4 Å². The van der Waals surface area contributed by atoms with Crippen LogP contribution in [0.3, 0.4) is 0 Å². The van der Waals surface area contributed by atoms with Crippen LogP contribution in [0.25, 0.3) is 12.2 Å². The summed E-state index contributed by atoms with van der Waals surface area (Å²) in [6.07, 6.45) is 5.88. The van der Waals surface area contributed by atoms with Gasteiger partial charge in [0.2, 0.25) is 0 Å². The van der Waals surface area contributed by atoms with Crippen LogP contribution in [0.4, 0.5) is 5.69 Å². The summed E-state index contributed by atoms with van der Waals surface area (Å²) in [5.74, 6) is 0.0756. The van der Waals surface area contributed by atoms with Crippen molar-refractivity contribution in [3.8, 4) is 11.5 Å². The number of phenolic OH excluding ortho intramolecular Hbond substituents is 2. The highest BCUT2D eigenvalue weighted by molar-refractivity contribution is 5.72. The second-order valence-corrected chi connectivity index (χ2v) is 5.71. The second kappa shape index (κ2) is 7.46. The molecular formula is C19H19NO4. The Bertz CT molecular complexity index is 778. The Hall–Kier alpha value is -3.08. The number of non-ortho nitro benzene ring substituents is 1. The summed E-state index contributed by atoms with van der Waals surface area (Å²) in [5.41, 5.74) is 3.06. The molecule has 0 saturated carbocycles. The number of hydrogen-bond acceptors (Lipinski definition) is 4. The van der Waals surface area contributed by atoms with E-state index in [0.29, 0.717) is 17.5 Å². The number of aromatic hydroxyl groups is 2. The van der Waals surface area contributed by atoms with Gasteiger partial charge in [-0.05, 0) is 55.7 Å². The summed E-state index contributed by atoms with van der Waals surface area (Å²) in [6.45, 7) is 3.91. The van der Waals surface area contributed by atoms with Crippen LogP contribution in [0.1, 0.15) is 30.5 Å². The smallest absolute Gasteiger partial charge is 0.269 e. The summed E-state index contributed by atoms with van der Waals surface area (Å²) < 4.78 is 0. The fourth-order valence-corrected chi connectivity index (χ4v) is 2.17. The molecule has 0 aliphatic heterocycles. The minimum absolute atomic E-state index is 0.0334. The molecule has 0 amide bonds. The van der Waals surface area contributed by atoms with E-state index in [2.05, 4.69) is 0 Å². The normalized spacial score (nSPS) is 10.8. The van der Waals surface area contributed by atoms with Gasteiger partial charge < -0.3 is 10.2 Å². The van der Waals surface area contributed by atoms with Gasteiger partial charge in [0, 0.05) is 17.7 Å². The van der Waals surface area contributed by atoms with E-state index < -0.39 is 4.92 Å². The van der Waals surface area contributed by atoms with Crippen LogP contribution in [-0.4, -0.2) is 15.1 Å². The Morgan fingerprint density at radius 1 is 1.04 bits per heavy atom. The number of phenols is 2. The second-order valence-electron chi connectivity index (χ2n) is 5.71. The molecule has 0 bridgehead atoms. The van der Waals surface area contributed by atoms with Gasteiger partial charge in [-0.25, -0.2) is 0 Å². The van der Waals surface area contributed by atoms with Gasteiger partial charge >= 0.3 is 0 Å². The molecule has 0 aliphatic carbocycles. The molecule has 0 aromatic heterocycles. The molecule has 2 rings (SSSR count). The zero-order valence-corrected chi connectivity index (χ0v) is 13.6. The molecular weight excluding hydrogens is 306 g/mol. The molecule has 0 radical (unpaired) electrons. The summed E-state index contributed by atoms with van der Waals surface area (Å²) in [6, 6.07) is 9.29. The zero-order chi connectivity index (χ0) is 17.7. The van der Waals surface area contributed by atoms with E-state index in [9.17, 15) is 20.3 Å². The lowest BCUT2D eigenvalue weighted by Gasteiger charge is -2.07. The van der Waals surface area contributed by atoms with Gasteiger partial charge in [-0.15, -0.1) is 0 Å². The van der Waals surface area contributed by atoms with Gasteiger partial charge in [0.15, 0.2) is 0 Å². The van der Waals surface area contributed by atoms with E-state index in [1.165, 1.54) is 12.1 Å². The van der Waals surface area contributed by atoms with Gasteiger partial charge in [-0.1, -0.05) is 23.8 Å². The van der Waals surface area contributed by atoms with Crippen molar-refractivity contribution in [2.24, 2.45) is 0 Å². The molecule has 2 aromatic carbocycles. The first-order valence-electron chi connectivity index (χ1n) is 7.47. The lowest BCUT2D eigenvalue weighted by molar-refractivity contribution is -0.384.